The van der Waals surface area contributed by atoms with E-state index in [2.05, 4.69) is 0 Å². The van der Waals surface area contributed by atoms with Crippen molar-refractivity contribution < 1.29 is 33.2 Å². The SMILES string of the molecule is COC(OC)[C@H](OCc1ccccc1)[C@@H](OCc1ccccc1)[C@@H](OCc1ccccc1)[C@H](C)OC(=O)c1ccccc1. The van der Waals surface area contributed by atoms with Crippen molar-refractivity contribution in [1.29, 1.82) is 0 Å². The van der Waals surface area contributed by atoms with Crippen LogP contribution in [0.1, 0.15) is 34.0 Å². The number of methoxy groups -OCH3 is 2. The zero-order chi connectivity index (χ0) is 30.3. The van der Waals surface area contributed by atoms with Gasteiger partial charge in [-0.2, -0.15) is 0 Å². The van der Waals surface area contributed by atoms with Gasteiger partial charge in [-0.05, 0) is 35.7 Å². The van der Waals surface area contributed by atoms with Crippen LogP contribution in [0.15, 0.2) is 121 Å². The van der Waals surface area contributed by atoms with Crippen LogP contribution in [0, 0.1) is 0 Å². The van der Waals surface area contributed by atoms with Crippen LogP contribution >= 0.6 is 0 Å². The topological polar surface area (TPSA) is 72.5 Å². The number of hydrogen-bond acceptors (Lipinski definition) is 7. The van der Waals surface area contributed by atoms with Gasteiger partial charge in [-0.25, -0.2) is 4.79 Å². The molecular formula is C36H40O7. The Morgan fingerprint density at radius 2 is 0.907 bits per heavy atom. The second-order valence-electron chi connectivity index (χ2n) is 10.1. The molecular weight excluding hydrogens is 544 g/mol. The summed E-state index contributed by atoms with van der Waals surface area (Å²) in [6, 6.07) is 38.4. The standard InChI is InChI=1S/C36H40O7/c1-27(43-35(37)31-22-14-7-15-23-31)32(40-24-28-16-8-4-9-17-28)33(41-25-29-18-10-5-11-19-29)34(36(38-2)39-3)42-26-30-20-12-6-13-21-30/h4-23,27,32-34,36H,24-26H2,1-3H3/t27-,32-,33-,34+/m0/s1. The lowest BCUT2D eigenvalue weighted by atomic mass is 10.0. The van der Waals surface area contributed by atoms with Crippen molar-refractivity contribution in [3.63, 3.8) is 0 Å². The van der Waals surface area contributed by atoms with Crippen molar-refractivity contribution in [2.24, 2.45) is 0 Å². The predicted octanol–water partition coefficient (Wildman–Crippen LogP) is 6.61. The van der Waals surface area contributed by atoms with Crippen molar-refractivity contribution in [3.05, 3.63) is 144 Å². The van der Waals surface area contributed by atoms with Crippen molar-refractivity contribution in [3.8, 4) is 0 Å². The summed E-state index contributed by atoms with van der Waals surface area (Å²) in [6.07, 6.45) is -3.81. The van der Waals surface area contributed by atoms with E-state index in [0.29, 0.717) is 5.56 Å². The molecule has 0 aromatic heterocycles. The number of ether oxygens (including phenoxy) is 6. The Hall–Kier alpha value is -3.85. The minimum Gasteiger partial charge on any atom is -0.456 e. The van der Waals surface area contributed by atoms with E-state index in [1.165, 1.54) is 0 Å². The average molecular weight is 585 g/mol. The first-order valence-corrected chi connectivity index (χ1v) is 14.4. The number of hydrogen-bond donors (Lipinski definition) is 0. The first-order chi connectivity index (χ1) is 21.1. The Balaban J connectivity index is 1.68. The van der Waals surface area contributed by atoms with Crippen LogP contribution in [-0.4, -0.2) is 50.9 Å². The third-order valence-corrected chi connectivity index (χ3v) is 7.00. The average Bonchev–Trinajstić information content (AvgIpc) is 3.06. The lowest BCUT2D eigenvalue weighted by Crippen LogP contribution is -2.53. The van der Waals surface area contributed by atoms with Gasteiger partial charge in [-0.1, -0.05) is 109 Å². The molecule has 7 nitrogen and oxygen atoms in total. The molecule has 0 aliphatic rings. The summed E-state index contributed by atoms with van der Waals surface area (Å²) in [4.78, 5) is 13.2. The Morgan fingerprint density at radius 1 is 0.535 bits per heavy atom. The summed E-state index contributed by atoms with van der Waals surface area (Å²) >= 11 is 0. The predicted molar refractivity (Wildman–Crippen MR) is 164 cm³/mol. The van der Waals surface area contributed by atoms with Crippen LogP contribution in [0.5, 0.6) is 0 Å². The first-order valence-electron chi connectivity index (χ1n) is 14.4. The lowest BCUT2D eigenvalue weighted by molar-refractivity contribution is -0.248. The van der Waals surface area contributed by atoms with Gasteiger partial charge in [-0.15, -0.1) is 0 Å². The van der Waals surface area contributed by atoms with Crippen LogP contribution in [0.3, 0.4) is 0 Å². The third kappa shape index (κ3) is 9.85. The van der Waals surface area contributed by atoms with Crippen molar-refractivity contribution in [2.45, 2.75) is 57.5 Å². The van der Waals surface area contributed by atoms with E-state index >= 15 is 0 Å². The Kier molecular flexibility index (Phi) is 12.9. The maximum atomic E-state index is 13.2. The maximum absolute atomic E-state index is 13.2. The highest BCUT2D eigenvalue weighted by Crippen LogP contribution is 2.26. The molecule has 0 unspecified atom stereocenters. The Labute approximate surface area is 254 Å². The van der Waals surface area contributed by atoms with Gasteiger partial charge in [0.05, 0.1) is 25.4 Å². The number of benzene rings is 4. The number of carbonyl (C=O) groups is 1. The fraction of sp³-hybridized carbons (Fsp3) is 0.306. The Bertz CT molecular complexity index is 1320. The van der Waals surface area contributed by atoms with Crippen LogP contribution in [0.2, 0.25) is 0 Å². The minimum absolute atomic E-state index is 0.264. The first kappa shape index (κ1) is 32.1. The third-order valence-electron chi connectivity index (χ3n) is 7.00. The van der Waals surface area contributed by atoms with E-state index < -0.39 is 36.7 Å². The second-order valence-corrected chi connectivity index (χ2v) is 10.1. The van der Waals surface area contributed by atoms with Gasteiger partial charge >= 0.3 is 5.97 Å². The maximum Gasteiger partial charge on any atom is 0.338 e. The van der Waals surface area contributed by atoms with Gasteiger partial charge in [0.2, 0.25) is 0 Å². The molecule has 0 spiro atoms. The van der Waals surface area contributed by atoms with E-state index in [0.717, 1.165) is 16.7 Å². The smallest absolute Gasteiger partial charge is 0.338 e. The second kappa shape index (κ2) is 17.3. The van der Waals surface area contributed by atoms with Gasteiger partial charge in [0.25, 0.3) is 0 Å². The number of rotatable bonds is 17. The molecule has 4 aromatic carbocycles. The molecule has 43 heavy (non-hydrogen) atoms. The highest BCUT2D eigenvalue weighted by Gasteiger charge is 2.42. The van der Waals surface area contributed by atoms with Crippen LogP contribution in [0.25, 0.3) is 0 Å². The molecule has 226 valence electrons. The quantitative estimate of drug-likeness (QED) is 0.102. The van der Waals surface area contributed by atoms with Gasteiger partial charge < -0.3 is 28.4 Å². The minimum atomic E-state index is -0.802. The molecule has 4 rings (SSSR count). The Morgan fingerprint density at radius 3 is 1.33 bits per heavy atom. The summed E-state index contributed by atoms with van der Waals surface area (Å²) in [6.45, 7) is 2.61. The van der Waals surface area contributed by atoms with Crippen LogP contribution < -0.4 is 0 Å². The zero-order valence-corrected chi connectivity index (χ0v) is 24.9. The monoisotopic (exact) mass is 584 g/mol. The molecule has 7 heteroatoms. The van der Waals surface area contributed by atoms with E-state index in [1.807, 2.05) is 97.1 Å². The molecule has 4 aromatic rings. The molecule has 0 bridgehead atoms. The summed E-state index contributed by atoms with van der Waals surface area (Å²) < 4.78 is 37.1. The van der Waals surface area contributed by atoms with Gasteiger partial charge in [0, 0.05) is 14.2 Å². The molecule has 0 saturated heterocycles. The van der Waals surface area contributed by atoms with E-state index in [4.69, 9.17) is 28.4 Å². The van der Waals surface area contributed by atoms with E-state index in [-0.39, 0.29) is 19.8 Å². The molecule has 0 radical (unpaired) electrons. The van der Waals surface area contributed by atoms with Crippen molar-refractivity contribution >= 4 is 5.97 Å². The highest BCUT2D eigenvalue weighted by atomic mass is 16.7. The molecule has 0 fully saturated rings. The normalized spacial score (nSPS) is 14.1. The van der Waals surface area contributed by atoms with E-state index in [1.54, 1.807) is 45.4 Å². The molecule has 0 saturated carbocycles. The summed E-state index contributed by atoms with van der Waals surface area (Å²) in [5.41, 5.74) is 3.36. The fourth-order valence-corrected chi connectivity index (χ4v) is 4.75. The van der Waals surface area contributed by atoms with Crippen LogP contribution in [0.4, 0.5) is 0 Å². The zero-order valence-electron chi connectivity index (χ0n) is 24.9. The molecule has 0 aliphatic carbocycles. The van der Waals surface area contributed by atoms with Gasteiger partial charge in [-0.3, -0.25) is 0 Å². The number of carbonyl (C=O) groups excluding carboxylic acids is 1. The fourth-order valence-electron chi connectivity index (χ4n) is 4.75. The van der Waals surface area contributed by atoms with Crippen molar-refractivity contribution in [2.75, 3.05) is 14.2 Å². The summed E-state index contributed by atoms with van der Waals surface area (Å²) in [5.74, 6) is -0.458. The summed E-state index contributed by atoms with van der Waals surface area (Å²) in [5, 5.41) is 0. The van der Waals surface area contributed by atoms with Crippen molar-refractivity contribution in [1.82, 2.24) is 0 Å². The molecule has 0 heterocycles. The molecule has 0 aliphatic heterocycles. The van der Waals surface area contributed by atoms with Gasteiger partial charge in [0.1, 0.15) is 24.4 Å². The van der Waals surface area contributed by atoms with Crippen LogP contribution in [-0.2, 0) is 48.2 Å². The highest BCUT2D eigenvalue weighted by molar-refractivity contribution is 5.89. The summed E-state index contributed by atoms with van der Waals surface area (Å²) in [7, 11) is 3.11. The van der Waals surface area contributed by atoms with E-state index in [9.17, 15) is 4.79 Å². The lowest BCUT2D eigenvalue weighted by Gasteiger charge is -2.38. The van der Waals surface area contributed by atoms with Gasteiger partial charge in [0.15, 0.2) is 6.29 Å². The molecule has 4 atom stereocenters. The molecule has 0 amide bonds. The largest absolute Gasteiger partial charge is 0.456 e. The number of esters is 1. The molecule has 0 N–H and O–H groups in total.